The van der Waals surface area contributed by atoms with Gasteiger partial charge in [-0.1, -0.05) is 0 Å². The molecule has 3 amide bonds. The number of ether oxygens (including phenoxy) is 1. The zero-order valence-electron chi connectivity index (χ0n) is 12.9. The van der Waals surface area contributed by atoms with Gasteiger partial charge < -0.3 is 29.8 Å². The van der Waals surface area contributed by atoms with Gasteiger partial charge in [-0.25, -0.2) is 14.2 Å². The second-order valence-corrected chi connectivity index (χ2v) is 6.39. The number of hydrogen-bond acceptors (Lipinski definition) is 8. The Morgan fingerprint density at radius 1 is 1.32 bits per heavy atom. The van der Waals surface area contributed by atoms with Gasteiger partial charge in [0.05, 0.1) is 13.0 Å². The third-order valence-corrected chi connectivity index (χ3v) is 3.98. The van der Waals surface area contributed by atoms with E-state index in [0.717, 1.165) is 0 Å². The van der Waals surface area contributed by atoms with Gasteiger partial charge in [-0.2, -0.15) is 0 Å². The zero-order valence-corrected chi connectivity index (χ0v) is 15.8. The number of aliphatic carboxylic acids is 1. The molecule has 2 saturated heterocycles. The van der Waals surface area contributed by atoms with Gasteiger partial charge in [-0.15, -0.1) is 0 Å². The third-order valence-electron chi connectivity index (χ3n) is 3.50. The Morgan fingerprint density at radius 2 is 1.92 bits per heavy atom. The van der Waals surface area contributed by atoms with Crippen LogP contribution in [0.4, 0.5) is 4.79 Å². The second-order valence-electron chi connectivity index (χ2n) is 5.15. The van der Waals surface area contributed by atoms with Crippen LogP contribution in [0.1, 0.15) is 6.42 Å². The first kappa shape index (κ1) is 22.4. The van der Waals surface area contributed by atoms with E-state index >= 15 is 0 Å². The Morgan fingerprint density at radius 3 is 2.44 bits per heavy atom. The molecule has 13 nitrogen and oxygen atoms in total. The van der Waals surface area contributed by atoms with Crippen molar-refractivity contribution in [2.45, 2.75) is 37.0 Å². The van der Waals surface area contributed by atoms with Gasteiger partial charge in [0.1, 0.15) is 24.4 Å². The summed E-state index contributed by atoms with van der Waals surface area (Å²) in [7, 11) is -4.87. The topological polar surface area (TPSA) is 203 Å². The average Bonchev–Trinajstić information content (AvgIpc) is 2.71. The molecular weight excluding hydrogens is 378 g/mol. The van der Waals surface area contributed by atoms with Crippen molar-refractivity contribution >= 4 is 55.3 Å². The van der Waals surface area contributed by atoms with Crippen LogP contribution in [0.2, 0.25) is 0 Å². The fourth-order valence-electron chi connectivity index (χ4n) is 2.42. The van der Waals surface area contributed by atoms with E-state index in [1.807, 2.05) is 5.32 Å². The number of imide groups is 1. The average molecular weight is 393 g/mol. The van der Waals surface area contributed by atoms with Crippen LogP contribution >= 0.6 is 7.82 Å². The largest absolute Gasteiger partial charge is 0.480 e. The molecule has 25 heavy (non-hydrogen) atoms. The molecule has 2 fully saturated rings. The monoisotopic (exact) mass is 393 g/mol. The Bertz CT molecular complexity index is 597. The normalized spacial score (nSPS) is 33.0. The summed E-state index contributed by atoms with van der Waals surface area (Å²) in [5.74, 6) is -2.36. The van der Waals surface area contributed by atoms with Gasteiger partial charge >= 0.3 is 19.8 Å². The number of amides is 3. The van der Waals surface area contributed by atoms with Crippen molar-refractivity contribution in [1.82, 2.24) is 10.2 Å². The van der Waals surface area contributed by atoms with E-state index in [-0.39, 0.29) is 29.6 Å². The van der Waals surface area contributed by atoms with E-state index in [0.29, 0.717) is 4.90 Å². The van der Waals surface area contributed by atoms with Crippen LogP contribution in [0.3, 0.4) is 0 Å². The van der Waals surface area contributed by atoms with Crippen molar-refractivity contribution in [3.05, 3.63) is 0 Å². The summed E-state index contributed by atoms with van der Waals surface area (Å²) in [6.45, 7) is -0.814. The number of carbonyl (C=O) groups is 3. The number of aliphatic hydroxyl groups is 2. The summed E-state index contributed by atoms with van der Waals surface area (Å²) < 4.78 is 20.0. The molecule has 2 heterocycles. The standard InChI is InChI=1S/C10H15N2O11P.Na/c13-5-1-3(9(16)17)12(10(18)11-5)8-7(15)6(14)4(23-8)2-22-24(19,20)21;/h3-4,6-8,14-15H,1-2H2,(H,16,17)(H,11,13,18)(H2,19,20,21);. The number of phosphoric ester groups is 1. The molecular formula is C10H15N2NaO11P. The Kier molecular flexibility index (Phi) is 7.53. The number of carboxylic acid groups (broad SMARTS) is 1. The quantitative estimate of drug-likeness (QED) is 0.200. The van der Waals surface area contributed by atoms with Crippen LogP contribution in [0, 0.1) is 0 Å². The molecule has 2 aliphatic rings. The van der Waals surface area contributed by atoms with E-state index in [4.69, 9.17) is 19.6 Å². The molecule has 137 valence electrons. The fourth-order valence-corrected chi connectivity index (χ4v) is 2.76. The van der Waals surface area contributed by atoms with Gasteiger partial charge in [0.15, 0.2) is 6.23 Å². The fraction of sp³-hybridized carbons (Fsp3) is 0.700. The predicted molar refractivity (Wildman–Crippen MR) is 75.8 cm³/mol. The van der Waals surface area contributed by atoms with Crippen molar-refractivity contribution in [3.8, 4) is 0 Å². The summed E-state index contributed by atoms with van der Waals surface area (Å²) in [6, 6.07) is -2.79. The van der Waals surface area contributed by atoms with Crippen LogP contribution in [-0.2, 0) is 23.4 Å². The first-order valence-electron chi connectivity index (χ1n) is 6.58. The van der Waals surface area contributed by atoms with Crippen molar-refractivity contribution in [3.63, 3.8) is 0 Å². The number of urea groups is 1. The second kappa shape index (κ2) is 8.39. The van der Waals surface area contributed by atoms with Crippen molar-refractivity contribution in [2.75, 3.05) is 6.61 Å². The molecule has 0 aliphatic carbocycles. The van der Waals surface area contributed by atoms with Gasteiger partial charge in [0.25, 0.3) is 0 Å². The van der Waals surface area contributed by atoms with E-state index in [2.05, 4.69) is 4.52 Å². The van der Waals surface area contributed by atoms with Crippen molar-refractivity contribution < 1.29 is 53.3 Å². The first-order valence-corrected chi connectivity index (χ1v) is 8.11. The number of nitrogens with zero attached hydrogens (tertiary/aromatic N) is 1. The molecule has 0 aromatic rings. The maximum atomic E-state index is 11.9. The molecule has 0 bridgehead atoms. The van der Waals surface area contributed by atoms with Crippen LogP contribution < -0.4 is 5.32 Å². The molecule has 6 N–H and O–H groups in total. The number of nitrogens with one attached hydrogen (secondary N) is 1. The molecule has 15 heteroatoms. The minimum Gasteiger partial charge on any atom is -0.480 e. The van der Waals surface area contributed by atoms with E-state index < -0.39 is 69.3 Å². The number of rotatable bonds is 5. The number of carboxylic acids is 1. The smallest absolute Gasteiger partial charge is 0.469 e. The van der Waals surface area contributed by atoms with Gasteiger partial charge in [0.2, 0.25) is 5.91 Å². The predicted octanol–water partition coefficient (Wildman–Crippen LogP) is -3.44. The minimum atomic E-state index is -4.87. The third kappa shape index (κ3) is 5.20. The number of hydrogen-bond donors (Lipinski definition) is 6. The minimum absolute atomic E-state index is 0. The Balaban J connectivity index is 0.00000312. The number of phosphoric acid groups is 1. The molecule has 5 atom stereocenters. The molecule has 0 aromatic carbocycles. The number of aliphatic hydroxyl groups excluding tert-OH is 2. The van der Waals surface area contributed by atoms with E-state index in [1.54, 1.807) is 0 Å². The van der Waals surface area contributed by atoms with Crippen molar-refractivity contribution in [2.24, 2.45) is 0 Å². The van der Waals surface area contributed by atoms with Crippen molar-refractivity contribution in [1.29, 1.82) is 0 Å². The Hall–Kier alpha value is -0.600. The Labute approximate surface area is 162 Å². The summed E-state index contributed by atoms with van der Waals surface area (Å²) in [5, 5.41) is 30.8. The van der Waals surface area contributed by atoms with Gasteiger partial charge in [-0.05, 0) is 0 Å². The van der Waals surface area contributed by atoms with Crippen LogP contribution in [0.5, 0.6) is 0 Å². The van der Waals surface area contributed by atoms with Gasteiger partial charge in [-0.3, -0.25) is 19.5 Å². The molecule has 5 unspecified atom stereocenters. The number of carbonyl (C=O) groups excluding carboxylic acids is 2. The van der Waals surface area contributed by atoms with Gasteiger partial charge in [0, 0.05) is 29.6 Å². The molecule has 1 radical (unpaired) electrons. The summed E-state index contributed by atoms with van der Waals surface area (Å²) in [5.41, 5.74) is 0. The molecule has 0 saturated carbocycles. The molecule has 0 aromatic heterocycles. The molecule has 2 rings (SSSR count). The maximum absolute atomic E-state index is 11.9. The van der Waals surface area contributed by atoms with E-state index in [1.165, 1.54) is 0 Å². The molecule has 0 spiro atoms. The summed E-state index contributed by atoms with van der Waals surface area (Å²) in [4.78, 5) is 52.2. The SMILES string of the molecule is O=C1CC(C(=O)O)N(C2OC(COP(=O)(O)O)C(O)C2O)C(=O)N1.[Na]. The van der Waals surface area contributed by atoms with Crippen LogP contribution in [0.15, 0.2) is 0 Å². The first-order chi connectivity index (χ1) is 11.0. The van der Waals surface area contributed by atoms with Crippen LogP contribution in [0.25, 0.3) is 0 Å². The van der Waals surface area contributed by atoms with E-state index in [9.17, 15) is 29.2 Å². The summed E-state index contributed by atoms with van der Waals surface area (Å²) in [6.07, 6.45) is -7.16. The van der Waals surface area contributed by atoms with Crippen LogP contribution in [-0.4, -0.2) is 115 Å². The summed E-state index contributed by atoms with van der Waals surface area (Å²) >= 11 is 0. The zero-order chi connectivity index (χ0) is 18.2. The molecule has 2 aliphatic heterocycles. The maximum Gasteiger partial charge on any atom is 0.469 e.